The summed E-state index contributed by atoms with van der Waals surface area (Å²) in [5, 5.41) is 8.90. The highest BCUT2D eigenvalue weighted by Gasteiger charge is 2.21. The Morgan fingerprint density at radius 2 is 1.90 bits per heavy atom. The quantitative estimate of drug-likeness (QED) is 0.515. The normalized spacial score (nSPS) is 12.1. The van der Waals surface area contributed by atoms with E-state index in [0.717, 1.165) is 16.5 Å². The molecule has 30 heavy (non-hydrogen) atoms. The number of aromatic nitrogens is 4. The second-order valence-corrected chi connectivity index (χ2v) is 7.06. The molecule has 0 unspecified atom stereocenters. The lowest BCUT2D eigenvalue weighted by molar-refractivity contribution is -0.152. The summed E-state index contributed by atoms with van der Waals surface area (Å²) < 4.78 is 6.96. The number of carbonyl (C=O) groups is 2. The van der Waals surface area contributed by atoms with Gasteiger partial charge >= 0.3 is 5.97 Å². The lowest BCUT2D eigenvalue weighted by Gasteiger charge is -2.16. The molecule has 0 fully saturated rings. The molecule has 0 aliphatic carbocycles. The van der Waals surface area contributed by atoms with Crippen LogP contribution in [-0.4, -0.2) is 37.6 Å². The molecule has 2 aromatic carbocycles. The van der Waals surface area contributed by atoms with Gasteiger partial charge in [-0.15, -0.1) is 0 Å². The second kappa shape index (κ2) is 7.90. The van der Waals surface area contributed by atoms with Gasteiger partial charge in [-0.2, -0.15) is 10.1 Å². The van der Waals surface area contributed by atoms with Crippen LogP contribution in [0, 0.1) is 13.8 Å². The van der Waals surface area contributed by atoms with Crippen molar-refractivity contribution in [2.24, 2.45) is 0 Å². The van der Waals surface area contributed by atoms with Crippen LogP contribution in [0.3, 0.4) is 0 Å². The summed E-state index contributed by atoms with van der Waals surface area (Å²) in [6, 6.07) is 13.4. The molecule has 0 saturated heterocycles. The molecule has 0 aliphatic rings. The summed E-state index contributed by atoms with van der Waals surface area (Å²) in [7, 11) is 0. The summed E-state index contributed by atoms with van der Waals surface area (Å²) in [5.74, 6) is -0.425. The minimum Gasteiger partial charge on any atom is -0.452 e. The fraction of sp³-hybridized carbons (Fsp3) is 0.227. The van der Waals surface area contributed by atoms with Crippen LogP contribution in [0.1, 0.15) is 23.9 Å². The van der Waals surface area contributed by atoms with Gasteiger partial charge in [0.25, 0.3) is 11.7 Å². The smallest absolute Gasteiger partial charge is 0.311 e. The molecule has 1 atom stereocenters. The van der Waals surface area contributed by atoms with E-state index in [4.69, 9.17) is 4.74 Å². The number of fused-ring (bicyclic) bond motifs is 2. The van der Waals surface area contributed by atoms with Gasteiger partial charge in [0.05, 0.1) is 6.42 Å². The van der Waals surface area contributed by atoms with Crippen molar-refractivity contribution in [1.29, 1.82) is 0 Å². The summed E-state index contributed by atoms with van der Waals surface area (Å²) in [6.45, 7) is 5.20. The number of benzene rings is 2. The van der Waals surface area contributed by atoms with Crippen LogP contribution in [0.5, 0.6) is 0 Å². The summed E-state index contributed by atoms with van der Waals surface area (Å²) in [5.41, 5.74) is 2.82. The summed E-state index contributed by atoms with van der Waals surface area (Å²) >= 11 is 0. The molecule has 2 heterocycles. The molecule has 4 aromatic rings. The number of nitrogens with one attached hydrogen (secondary N) is 1. The number of hydrogen-bond donors (Lipinski definition) is 1. The molecule has 152 valence electrons. The molecule has 2 aromatic heterocycles. The predicted molar refractivity (Wildman–Crippen MR) is 112 cm³/mol. The molecule has 4 rings (SSSR count). The number of rotatable bonds is 5. The summed E-state index contributed by atoms with van der Waals surface area (Å²) in [6.07, 6.45) is 0.461. The van der Waals surface area contributed by atoms with E-state index in [0.29, 0.717) is 22.7 Å². The molecule has 0 aliphatic heterocycles. The van der Waals surface area contributed by atoms with Crippen LogP contribution in [0.15, 0.2) is 48.8 Å². The van der Waals surface area contributed by atoms with E-state index in [9.17, 15) is 9.59 Å². The predicted octanol–water partition coefficient (Wildman–Crippen LogP) is 3.01. The van der Waals surface area contributed by atoms with Crippen LogP contribution in [0.2, 0.25) is 0 Å². The van der Waals surface area contributed by atoms with Crippen molar-refractivity contribution >= 4 is 34.1 Å². The third-order valence-corrected chi connectivity index (χ3v) is 5.03. The number of esters is 1. The van der Waals surface area contributed by atoms with Crippen molar-refractivity contribution in [2.45, 2.75) is 33.3 Å². The molecule has 1 amide bonds. The van der Waals surface area contributed by atoms with Crippen molar-refractivity contribution in [3.63, 3.8) is 0 Å². The zero-order valence-electron chi connectivity index (χ0n) is 16.9. The maximum Gasteiger partial charge on any atom is 0.311 e. The fourth-order valence-corrected chi connectivity index (χ4v) is 3.42. The third kappa shape index (κ3) is 3.71. The summed E-state index contributed by atoms with van der Waals surface area (Å²) in [4.78, 5) is 33.5. The standard InChI is InChI=1S/C22H21N5O3/c1-13-18(14(2)27-22(25-13)23-12-24-27)11-20(28)30-15(3)21(29)26-19-10-6-8-16-7-4-5-9-17(16)19/h4-10,12,15H,11H2,1-3H3,(H,26,29)/t15-/m0/s1. The van der Waals surface area contributed by atoms with E-state index in [1.54, 1.807) is 18.4 Å². The Hall–Kier alpha value is -3.81. The van der Waals surface area contributed by atoms with Gasteiger partial charge in [0.2, 0.25) is 0 Å². The molecule has 0 spiro atoms. The number of nitrogens with zero attached hydrogens (tertiary/aromatic N) is 4. The lowest BCUT2D eigenvalue weighted by Crippen LogP contribution is -2.30. The van der Waals surface area contributed by atoms with Crippen LogP contribution < -0.4 is 5.32 Å². The minimum atomic E-state index is -0.944. The lowest BCUT2D eigenvalue weighted by atomic mass is 10.1. The average Bonchev–Trinajstić information content (AvgIpc) is 3.20. The first-order valence-corrected chi connectivity index (χ1v) is 9.58. The number of hydrogen-bond acceptors (Lipinski definition) is 6. The number of amides is 1. The molecule has 0 radical (unpaired) electrons. The van der Waals surface area contributed by atoms with Gasteiger partial charge in [0.15, 0.2) is 6.10 Å². The Morgan fingerprint density at radius 3 is 2.73 bits per heavy atom. The highest BCUT2D eigenvalue weighted by Crippen LogP contribution is 2.23. The van der Waals surface area contributed by atoms with Gasteiger partial charge in [-0.3, -0.25) is 9.59 Å². The van der Waals surface area contributed by atoms with E-state index in [1.165, 1.54) is 6.33 Å². The van der Waals surface area contributed by atoms with Gasteiger partial charge in [-0.1, -0.05) is 36.4 Å². The molecule has 8 heteroatoms. The Bertz CT molecular complexity index is 1260. The molecule has 8 nitrogen and oxygen atoms in total. The Kier molecular flexibility index (Phi) is 5.14. The minimum absolute atomic E-state index is 0.00759. The highest BCUT2D eigenvalue weighted by atomic mass is 16.5. The van der Waals surface area contributed by atoms with E-state index >= 15 is 0 Å². The Labute approximate surface area is 172 Å². The first-order valence-electron chi connectivity index (χ1n) is 9.58. The largest absolute Gasteiger partial charge is 0.452 e. The van der Waals surface area contributed by atoms with Gasteiger partial charge in [-0.05, 0) is 32.2 Å². The number of aryl methyl sites for hydroxylation is 2. The molecule has 0 saturated carbocycles. The number of anilines is 1. The average molecular weight is 403 g/mol. The molecule has 0 bridgehead atoms. The Balaban J connectivity index is 1.45. The van der Waals surface area contributed by atoms with E-state index < -0.39 is 18.0 Å². The van der Waals surface area contributed by atoms with Crippen LogP contribution >= 0.6 is 0 Å². The SMILES string of the molecule is Cc1nc2ncnn2c(C)c1CC(=O)O[C@@H](C)C(=O)Nc1cccc2ccccc12. The number of carbonyl (C=O) groups excluding carboxylic acids is 2. The van der Waals surface area contributed by atoms with E-state index in [-0.39, 0.29) is 6.42 Å². The monoisotopic (exact) mass is 403 g/mol. The van der Waals surface area contributed by atoms with Gasteiger partial charge in [0.1, 0.15) is 6.33 Å². The van der Waals surface area contributed by atoms with Crippen LogP contribution in [-0.2, 0) is 20.7 Å². The third-order valence-electron chi connectivity index (χ3n) is 5.03. The first-order chi connectivity index (χ1) is 14.4. The van der Waals surface area contributed by atoms with Crippen molar-refractivity contribution in [3.8, 4) is 0 Å². The van der Waals surface area contributed by atoms with Gasteiger partial charge in [-0.25, -0.2) is 9.50 Å². The molecular formula is C22H21N5O3. The maximum atomic E-state index is 12.6. The molecule has 1 N–H and O–H groups in total. The molecular weight excluding hydrogens is 382 g/mol. The van der Waals surface area contributed by atoms with Crippen LogP contribution in [0.25, 0.3) is 16.6 Å². The first kappa shape index (κ1) is 19.5. The fourth-order valence-electron chi connectivity index (χ4n) is 3.42. The van der Waals surface area contributed by atoms with Crippen molar-refractivity contribution in [3.05, 3.63) is 65.7 Å². The topological polar surface area (TPSA) is 98.5 Å². The van der Waals surface area contributed by atoms with Gasteiger partial charge < -0.3 is 10.1 Å². The van der Waals surface area contributed by atoms with Crippen molar-refractivity contribution in [1.82, 2.24) is 19.6 Å². The maximum absolute atomic E-state index is 12.6. The van der Waals surface area contributed by atoms with Crippen molar-refractivity contribution < 1.29 is 14.3 Å². The van der Waals surface area contributed by atoms with Gasteiger partial charge in [0, 0.05) is 28.0 Å². The zero-order valence-corrected chi connectivity index (χ0v) is 16.9. The van der Waals surface area contributed by atoms with E-state index in [1.807, 2.05) is 49.4 Å². The Morgan fingerprint density at radius 1 is 1.13 bits per heavy atom. The second-order valence-electron chi connectivity index (χ2n) is 7.06. The zero-order chi connectivity index (χ0) is 21.3. The van der Waals surface area contributed by atoms with E-state index in [2.05, 4.69) is 20.4 Å². The van der Waals surface area contributed by atoms with Crippen molar-refractivity contribution in [2.75, 3.05) is 5.32 Å². The van der Waals surface area contributed by atoms with Crippen LogP contribution in [0.4, 0.5) is 5.69 Å². The number of ether oxygens (including phenoxy) is 1. The highest BCUT2D eigenvalue weighted by molar-refractivity contribution is 6.03.